The Bertz CT molecular complexity index is 1700. The molecular weight excluding hydrogens is 586 g/mol. The van der Waals surface area contributed by atoms with E-state index in [-0.39, 0.29) is 37.3 Å². The molecule has 46 heavy (non-hydrogen) atoms. The number of amides is 2. The number of nitrogens with two attached hydrogens (primary N) is 1. The van der Waals surface area contributed by atoms with Gasteiger partial charge in [0.05, 0.1) is 37.3 Å². The largest absolute Gasteiger partial charge is 0.465 e. The van der Waals surface area contributed by atoms with E-state index in [1.165, 1.54) is 7.11 Å². The topological polar surface area (TPSA) is 149 Å². The Labute approximate surface area is 266 Å². The van der Waals surface area contributed by atoms with Crippen molar-refractivity contribution in [3.8, 4) is 0 Å². The maximum Gasteiger partial charge on any atom is 0.337 e. The van der Waals surface area contributed by atoms with Gasteiger partial charge >= 0.3 is 5.97 Å². The van der Waals surface area contributed by atoms with Crippen LogP contribution in [0.3, 0.4) is 0 Å². The van der Waals surface area contributed by atoms with Gasteiger partial charge in [-0.25, -0.2) is 4.79 Å². The first-order valence-electron chi connectivity index (χ1n) is 14.7. The maximum atomic E-state index is 13.3. The third-order valence-electron chi connectivity index (χ3n) is 7.56. The average molecular weight is 622 g/mol. The van der Waals surface area contributed by atoms with Gasteiger partial charge in [-0.1, -0.05) is 60.7 Å². The normalized spacial score (nSPS) is 15.7. The van der Waals surface area contributed by atoms with Gasteiger partial charge in [0, 0.05) is 24.4 Å². The van der Waals surface area contributed by atoms with Crippen LogP contribution in [0.15, 0.2) is 109 Å². The van der Waals surface area contributed by atoms with Crippen molar-refractivity contribution in [1.29, 1.82) is 0 Å². The van der Waals surface area contributed by atoms with Crippen LogP contribution < -0.4 is 16.4 Å². The molecular formula is C36H35N3O7. The number of carbonyl (C=O) groups excluding carboxylic acids is 3. The van der Waals surface area contributed by atoms with Gasteiger partial charge in [0.1, 0.15) is 0 Å². The molecule has 1 aliphatic rings. The zero-order valence-electron chi connectivity index (χ0n) is 25.3. The molecule has 236 valence electrons. The third kappa shape index (κ3) is 8.17. The molecule has 0 saturated heterocycles. The summed E-state index contributed by atoms with van der Waals surface area (Å²) in [5, 5.41) is 15.0. The summed E-state index contributed by atoms with van der Waals surface area (Å²) in [6.45, 7) is 0.403. The molecule has 5 N–H and O–H groups in total. The average Bonchev–Trinajstić information content (AvgIpc) is 3.10. The predicted molar refractivity (Wildman–Crippen MR) is 172 cm³/mol. The Morgan fingerprint density at radius 2 is 1.50 bits per heavy atom. The second kappa shape index (κ2) is 15.0. The molecule has 10 nitrogen and oxygen atoms in total. The maximum absolute atomic E-state index is 13.3. The van der Waals surface area contributed by atoms with Crippen molar-refractivity contribution in [2.75, 3.05) is 18.2 Å². The number of aliphatic hydroxyl groups is 1. The highest BCUT2D eigenvalue weighted by molar-refractivity contribution is 6.05. The van der Waals surface area contributed by atoms with Gasteiger partial charge in [-0.05, 0) is 64.7 Å². The van der Waals surface area contributed by atoms with Gasteiger partial charge in [-0.2, -0.15) is 0 Å². The highest BCUT2D eigenvalue weighted by Crippen LogP contribution is 2.32. The number of para-hydroxylation sites is 2. The second-order valence-corrected chi connectivity index (χ2v) is 10.7. The smallest absolute Gasteiger partial charge is 0.337 e. The molecule has 2 amide bonds. The lowest BCUT2D eigenvalue weighted by Gasteiger charge is -2.29. The molecule has 10 heteroatoms. The molecule has 0 bridgehead atoms. The molecule has 2 atom stereocenters. The summed E-state index contributed by atoms with van der Waals surface area (Å²) < 4.78 is 16.9. The minimum absolute atomic E-state index is 0.0458. The molecule has 1 heterocycles. The lowest BCUT2D eigenvalue weighted by atomic mass is 9.92. The van der Waals surface area contributed by atoms with Crippen LogP contribution >= 0.6 is 0 Å². The number of rotatable bonds is 11. The van der Waals surface area contributed by atoms with E-state index in [1.807, 2.05) is 36.4 Å². The van der Waals surface area contributed by atoms with Crippen LogP contribution in [0, 0.1) is 0 Å². The van der Waals surface area contributed by atoms with Crippen LogP contribution in [0.2, 0.25) is 0 Å². The van der Waals surface area contributed by atoms with E-state index in [9.17, 15) is 19.5 Å². The van der Waals surface area contributed by atoms with Crippen molar-refractivity contribution in [3.63, 3.8) is 0 Å². The second-order valence-electron chi connectivity index (χ2n) is 10.7. The first kappa shape index (κ1) is 32.0. The quantitative estimate of drug-likeness (QED) is 0.134. The van der Waals surface area contributed by atoms with Crippen molar-refractivity contribution in [2.24, 2.45) is 0 Å². The number of aliphatic hydroxyl groups excluding tert-OH is 1. The van der Waals surface area contributed by atoms with Crippen molar-refractivity contribution >= 4 is 29.2 Å². The Balaban J connectivity index is 1.25. The van der Waals surface area contributed by atoms with Crippen molar-refractivity contribution in [3.05, 3.63) is 142 Å². The predicted octanol–water partition coefficient (Wildman–Crippen LogP) is 5.05. The van der Waals surface area contributed by atoms with E-state index in [0.29, 0.717) is 28.9 Å². The molecule has 4 aromatic carbocycles. The van der Waals surface area contributed by atoms with E-state index >= 15 is 0 Å². The SMILES string of the molecule is COC(=O)c1ccc([C@H]2C=C(C(=O)NCc3ccc(C(=O)Nc4ccccc4N)cc3)O[C@@H](OCc3ccc(CO)cc3)C2)cc1. The highest BCUT2D eigenvalue weighted by atomic mass is 16.7. The lowest BCUT2D eigenvalue weighted by Crippen LogP contribution is -2.32. The fourth-order valence-electron chi connectivity index (χ4n) is 4.91. The molecule has 0 unspecified atom stereocenters. The van der Waals surface area contributed by atoms with Crippen LogP contribution in [0.4, 0.5) is 11.4 Å². The first-order chi connectivity index (χ1) is 22.3. The van der Waals surface area contributed by atoms with Gasteiger partial charge in [0.2, 0.25) is 6.29 Å². The van der Waals surface area contributed by atoms with Crippen LogP contribution in [-0.4, -0.2) is 36.3 Å². The number of nitrogen functional groups attached to an aromatic ring is 1. The number of methoxy groups -OCH3 is 1. The molecule has 0 fully saturated rings. The fraction of sp³-hybridized carbons (Fsp3) is 0.194. The fourth-order valence-corrected chi connectivity index (χ4v) is 4.91. The Morgan fingerprint density at radius 3 is 2.17 bits per heavy atom. The Morgan fingerprint density at radius 1 is 0.848 bits per heavy atom. The standard InChI is InChI=1S/C36H35N3O7/c1-44-36(43)28-16-14-26(15-17-28)29-18-32(46-33(19-29)45-22-25-8-6-24(21-40)7-9-25)35(42)38-20-23-10-12-27(13-11-23)34(41)39-31-5-3-2-4-30(31)37/h2-18,29,33,40H,19-22,37H2,1H3,(H,38,42)(H,39,41)/t29-,33+/m0/s1. The zero-order valence-corrected chi connectivity index (χ0v) is 25.3. The molecule has 5 rings (SSSR count). The summed E-state index contributed by atoms with van der Waals surface area (Å²) in [6, 6.07) is 28.3. The number of nitrogens with one attached hydrogen (secondary N) is 2. The molecule has 0 spiro atoms. The molecule has 0 saturated carbocycles. The van der Waals surface area contributed by atoms with Crippen LogP contribution in [0.5, 0.6) is 0 Å². The van der Waals surface area contributed by atoms with Crippen LogP contribution in [-0.2, 0) is 38.8 Å². The van der Waals surface area contributed by atoms with E-state index in [4.69, 9.17) is 19.9 Å². The molecule has 0 radical (unpaired) electrons. The minimum atomic E-state index is -0.718. The van der Waals surface area contributed by atoms with Crippen molar-refractivity contribution < 1.29 is 33.7 Å². The van der Waals surface area contributed by atoms with Gasteiger partial charge in [0.25, 0.3) is 11.8 Å². The number of esters is 1. The third-order valence-corrected chi connectivity index (χ3v) is 7.56. The van der Waals surface area contributed by atoms with Gasteiger partial charge in [0.15, 0.2) is 5.76 Å². The van der Waals surface area contributed by atoms with E-state index in [1.54, 1.807) is 66.7 Å². The number of benzene rings is 4. The highest BCUT2D eigenvalue weighted by Gasteiger charge is 2.29. The number of anilines is 2. The summed E-state index contributed by atoms with van der Waals surface area (Å²) in [7, 11) is 1.33. The Kier molecular flexibility index (Phi) is 10.4. The van der Waals surface area contributed by atoms with Crippen molar-refractivity contribution in [2.45, 2.75) is 38.4 Å². The summed E-state index contributed by atoms with van der Waals surface area (Å²) in [5.41, 5.74) is 11.2. The number of carbonyl (C=O) groups is 3. The van der Waals surface area contributed by atoms with Gasteiger partial charge in [-0.15, -0.1) is 0 Å². The summed E-state index contributed by atoms with van der Waals surface area (Å²) >= 11 is 0. The number of hydrogen-bond donors (Lipinski definition) is 4. The molecule has 0 aliphatic carbocycles. The first-order valence-corrected chi connectivity index (χ1v) is 14.7. The molecule has 0 aromatic heterocycles. The van der Waals surface area contributed by atoms with Crippen LogP contribution in [0.25, 0.3) is 0 Å². The summed E-state index contributed by atoms with van der Waals surface area (Å²) in [6.07, 6.45) is 1.48. The van der Waals surface area contributed by atoms with Gasteiger partial charge in [-0.3, -0.25) is 9.59 Å². The number of hydrogen-bond acceptors (Lipinski definition) is 8. The number of allylic oxidation sites excluding steroid dienone is 1. The molecule has 1 aliphatic heterocycles. The minimum Gasteiger partial charge on any atom is -0.465 e. The van der Waals surface area contributed by atoms with E-state index < -0.39 is 18.2 Å². The van der Waals surface area contributed by atoms with E-state index in [0.717, 1.165) is 22.3 Å². The lowest BCUT2D eigenvalue weighted by molar-refractivity contribution is -0.150. The zero-order chi connectivity index (χ0) is 32.5. The monoisotopic (exact) mass is 621 g/mol. The summed E-state index contributed by atoms with van der Waals surface area (Å²) in [4.78, 5) is 37.9. The Hall–Kier alpha value is -5.45. The van der Waals surface area contributed by atoms with Crippen molar-refractivity contribution in [1.82, 2.24) is 5.32 Å². The summed E-state index contributed by atoms with van der Waals surface area (Å²) in [5.74, 6) is -1.25. The molecule has 4 aromatic rings. The number of ether oxygens (including phenoxy) is 3. The van der Waals surface area contributed by atoms with Gasteiger partial charge < -0.3 is 35.7 Å². The van der Waals surface area contributed by atoms with E-state index in [2.05, 4.69) is 10.6 Å². The van der Waals surface area contributed by atoms with Crippen LogP contribution in [0.1, 0.15) is 55.3 Å².